The molecule has 0 bridgehead atoms. The van der Waals surface area contributed by atoms with Crippen molar-refractivity contribution in [2.24, 2.45) is 0 Å². The number of nitrogens with zero attached hydrogens (tertiary/aromatic N) is 2. The lowest BCUT2D eigenvalue weighted by molar-refractivity contribution is 0.0746. The van der Waals surface area contributed by atoms with Gasteiger partial charge in [-0.2, -0.15) is 5.26 Å². The van der Waals surface area contributed by atoms with E-state index in [1.54, 1.807) is 4.90 Å². The van der Waals surface area contributed by atoms with E-state index < -0.39 is 5.82 Å². The standard InChI is InChI=1S/C16H15FN2O2/c17-15-11-13(5-4-12(15)3-1-10-20)16(21)19(9-2-8-18)14-6-7-14/h4-5,11,14,20H,2,6-7,9-10H2. The second kappa shape index (κ2) is 6.88. The van der Waals surface area contributed by atoms with E-state index in [9.17, 15) is 9.18 Å². The van der Waals surface area contributed by atoms with Crippen LogP contribution in [0.4, 0.5) is 4.39 Å². The molecule has 1 aromatic carbocycles. The van der Waals surface area contributed by atoms with Crippen molar-refractivity contribution in [1.29, 1.82) is 5.26 Å². The van der Waals surface area contributed by atoms with Crippen molar-refractivity contribution >= 4 is 5.91 Å². The van der Waals surface area contributed by atoms with Gasteiger partial charge in [0.25, 0.3) is 5.91 Å². The molecular formula is C16H15FN2O2. The molecule has 0 spiro atoms. The Bertz CT molecular complexity index is 636. The first-order valence-corrected chi connectivity index (χ1v) is 6.74. The van der Waals surface area contributed by atoms with Crippen LogP contribution in [0.3, 0.4) is 0 Å². The third-order valence-electron chi connectivity index (χ3n) is 3.23. The molecule has 21 heavy (non-hydrogen) atoms. The first-order chi connectivity index (χ1) is 10.2. The molecule has 0 aromatic heterocycles. The van der Waals surface area contributed by atoms with Crippen molar-refractivity contribution in [3.63, 3.8) is 0 Å². The van der Waals surface area contributed by atoms with Gasteiger partial charge in [-0.15, -0.1) is 0 Å². The Kier molecular flexibility index (Phi) is 4.92. The van der Waals surface area contributed by atoms with Crippen LogP contribution >= 0.6 is 0 Å². The quantitative estimate of drug-likeness (QED) is 0.857. The first kappa shape index (κ1) is 15.0. The maximum absolute atomic E-state index is 13.9. The summed E-state index contributed by atoms with van der Waals surface area (Å²) in [6, 6.07) is 6.30. The van der Waals surface area contributed by atoms with Crippen LogP contribution in [0.25, 0.3) is 0 Å². The van der Waals surface area contributed by atoms with Gasteiger partial charge in [-0.1, -0.05) is 11.8 Å². The molecule has 1 N–H and O–H groups in total. The van der Waals surface area contributed by atoms with Gasteiger partial charge < -0.3 is 10.0 Å². The summed E-state index contributed by atoms with van der Waals surface area (Å²) >= 11 is 0. The highest BCUT2D eigenvalue weighted by molar-refractivity contribution is 5.94. The van der Waals surface area contributed by atoms with E-state index in [1.807, 2.05) is 6.07 Å². The summed E-state index contributed by atoms with van der Waals surface area (Å²) in [5.41, 5.74) is 0.405. The summed E-state index contributed by atoms with van der Waals surface area (Å²) < 4.78 is 13.9. The molecule has 1 aromatic rings. The zero-order chi connectivity index (χ0) is 15.2. The zero-order valence-electron chi connectivity index (χ0n) is 11.5. The average molecular weight is 286 g/mol. The van der Waals surface area contributed by atoms with Crippen LogP contribution < -0.4 is 0 Å². The Morgan fingerprint density at radius 3 is 2.81 bits per heavy atom. The van der Waals surface area contributed by atoms with Crippen LogP contribution in [0.2, 0.25) is 0 Å². The first-order valence-electron chi connectivity index (χ1n) is 6.74. The zero-order valence-corrected chi connectivity index (χ0v) is 11.5. The summed E-state index contributed by atoms with van der Waals surface area (Å²) in [4.78, 5) is 14.0. The molecule has 0 saturated heterocycles. The third kappa shape index (κ3) is 3.81. The minimum atomic E-state index is -0.585. The summed E-state index contributed by atoms with van der Waals surface area (Å²) in [5, 5.41) is 17.3. The Morgan fingerprint density at radius 2 is 2.24 bits per heavy atom. The summed E-state index contributed by atoms with van der Waals surface area (Å²) in [7, 11) is 0. The number of rotatable bonds is 4. The van der Waals surface area contributed by atoms with Gasteiger partial charge in [0.05, 0.1) is 18.1 Å². The fourth-order valence-electron chi connectivity index (χ4n) is 2.06. The third-order valence-corrected chi connectivity index (χ3v) is 3.23. The van der Waals surface area contributed by atoms with E-state index in [4.69, 9.17) is 10.4 Å². The van der Waals surface area contributed by atoms with Crippen molar-refractivity contribution < 1.29 is 14.3 Å². The van der Waals surface area contributed by atoms with Crippen LogP contribution in [0.5, 0.6) is 0 Å². The van der Waals surface area contributed by atoms with Gasteiger partial charge in [0, 0.05) is 18.2 Å². The van der Waals surface area contributed by atoms with E-state index in [2.05, 4.69) is 11.8 Å². The Labute approximate surface area is 122 Å². The van der Waals surface area contributed by atoms with Crippen LogP contribution in [-0.4, -0.2) is 35.1 Å². The van der Waals surface area contributed by atoms with Gasteiger partial charge in [0.2, 0.25) is 0 Å². The maximum atomic E-state index is 13.9. The highest BCUT2D eigenvalue weighted by Crippen LogP contribution is 2.28. The molecule has 2 rings (SSSR count). The lowest BCUT2D eigenvalue weighted by Crippen LogP contribution is -2.34. The molecule has 0 atom stereocenters. The maximum Gasteiger partial charge on any atom is 0.254 e. The van der Waals surface area contributed by atoms with Crippen molar-refractivity contribution in [2.45, 2.75) is 25.3 Å². The predicted octanol–water partition coefficient (Wildman–Crippen LogP) is 1.69. The number of aliphatic hydroxyl groups is 1. The van der Waals surface area contributed by atoms with E-state index in [1.165, 1.54) is 12.1 Å². The molecule has 1 fully saturated rings. The van der Waals surface area contributed by atoms with Crippen molar-refractivity contribution in [1.82, 2.24) is 4.90 Å². The molecular weight excluding hydrogens is 271 g/mol. The second-order valence-electron chi connectivity index (χ2n) is 4.79. The molecule has 0 aliphatic heterocycles. The Hall–Kier alpha value is -2.37. The van der Waals surface area contributed by atoms with Gasteiger partial charge in [-0.25, -0.2) is 4.39 Å². The van der Waals surface area contributed by atoms with E-state index >= 15 is 0 Å². The molecule has 5 heteroatoms. The number of hydrogen-bond donors (Lipinski definition) is 1. The molecule has 108 valence electrons. The van der Waals surface area contributed by atoms with E-state index in [0.717, 1.165) is 18.9 Å². The predicted molar refractivity (Wildman–Crippen MR) is 74.7 cm³/mol. The van der Waals surface area contributed by atoms with Crippen LogP contribution in [0.15, 0.2) is 18.2 Å². The minimum absolute atomic E-state index is 0.149. The lowest BCUT2D eigenvalue weighted by atomic mass is 10.1. The Morgan fingerprint density at radius 1 is 1.48 bits per heavy atom. The van der Waals surface area contributed by atoms with Gasteiger partial charge in [0.1, 0.15) is 12.4 Å². The fraction of sp³-hybridized carbons (Fsp3) is 0.375. The fourth-order valence-corrected chi connectivity index (χ4v) is 2.06. The average Bonchev–Trinajstić information content (AvgIpc) is 3.31. The lowest BCUT2D eigenvalue weighted by Gasteiger charge is -2.21. The molecule has 0 radical (unpaired) electrons. The smallest absolute Gasteiger partial charge is 0.254 e. The molecule has 1 aliphatic rings. The number of aliphatic hydroxyl groups excluding tert-OH is 1. The number of hydrogen-bond acceptors (Lipinski definition) is 3. The molecule has 1 saturated carbocycles. The largest absolute Gasteiger partial charge is 0.384 e. The molecule has 0 heterocycles. The van der Waals surface area contributed by atoms with Crippen molar-refractivity contribution in [2.75, 3.05) is 13.2 Å². The minimum Gasteiger partial charge on any atom is -0.384 e. The molecule has 1 aliphatic carbocycles. The van der Waals surface area contributed by atoms with Crippen LogP contribution in [0, 0.1) is 29.0 Å². The molecule has 4 nitrogen and oxygen atoms in total. The molecule has 0 unspecified atom stereocenters. The number of benzene rings is 1. The summed E-state index contributed by atoms with van der Waals surface area (Å²) in [5.74, 6) is 4.01. The van der Waals surface area contributed by atoms with E-state index in [-0.39, 0.29) is 36.1 Å². The Balaban J connectivity index is 2.18. The topological polar surface area (TPSA) is 64.3 Å². The SMILES string of the molecule is N#CCCN(C(=O)c1ccc(C#CCO)c(F)c1)C1CC1. The number of carbonyl (C=O) groups excluding carboxylic acids is 1. The van der Waals surface area contributed by atoms with Gasteiger partial charge >= 0.3 is 0 Å². The van der Waals surface area contributed by atoms with Crippen molar-refractivity contribution in [3.8, 4) is 17.9 Å². The normalized spacial score (nSPS) is 13.0. The second-order valence-corrected chi connectivity index (χ2v) is 4.79. The number of carbonyl (C=O) groups is 1. The van der Waals surface area contributed by atoms with Gasteiger partial charge in [-0.05, 0) is 31.0 Å². The highest BCUT2D eigenvalue weighted by atomic mass is 19.1. The highest BCUT2D eigenvalue weighted by Gasteiger charge is 2.32. The van der Waals surface area contributed by atoms with Crippen LogP contribution in [0.1, 0.15) is 35.2 Å². The van der Waals surface area contributed by atoms with E-state index in [0.29, 0.717) is 6.54 Å². The van der Waals surface area contributed by atoms with Gasteiger partial charge in [0.15, 0.2) is 0 Å². The number of halogens is 1. The monoisotopic (exact) mass is 286 g/mol. The summed E-state index contributed by atoms with van der Waals surface area (Å²) in [6.07, 6.45) is 2.13. The number of amides is 1. The number of nitriles is 1. The summed E-state index contributed by atoms with van der Waals surface area (Å²) in [6.45, 7) is 0.0252. The van der Waals surface area contributed by atoms with Crippen LogP contribution in [-0.2, 0) is 0 Å². The van der Waals surface area contributed by atoms with Crippen molar-refractivity contribution in [3.05, 3.63) is 35.1 Å². The van der Waals surface area contributed by atoms with Gasteiger partial charge in [-0.3, -0.25) is 4.79 Å². The molecule has 1 amide bonds.